The zero-order valence-corrected chi connectivity index (χ0v) is 18.8. The summed E-state index contributed by atoms with van der Waals surface area (Å²) in [5, 5.41) is 0. The predicted octanol–water partition coefficient (Wildman–Crippen LogP) is 3.61. The van der Waals surface area contributed by atoms with Crippen LogP contribution >= 0.6 is 0 Å². The Kier molecular flexibility index (Phi) is 5.70. The zero-order valence-electron chi connectivity index (χ0n) is 17.8. The molecule has 0 saturated carbocycles. The summed E-state index contributed by atoms with van der Waals surface area (Å²) in [4.78, 5) is 0. The van der Waals surface area contributed by atoms with Crippen LogP contribution < -0.4 is 14.9 Å². The molecule has 0 amide bonds. The lowest BCUT2D eigenvalue weighted by Crippen LogP contribution is -2.41. The summed E-state index contributed by atoms with van der Waals surface area (Å²) >= 11 is 0. The van der Waals surface area contributed by atoms with Crippen LogP contribution in [0.25, 0.3) is 0 Å². The highest BCUT2D eigenvalue weighted by molar-refractivity contribution is 6.76. The molecule has 0 aliphatic carbocycles. The minimum Gasteiger partial charge on any atom is -0.493 e. The van der Waals surface area contributed by atoms with Gasteiger partial charge >= 0.3 is 7.12 Å². The molecule has 150 valence electrons. The Hall–Kier alpha value is -1.02. The van der Waals surface area contributed by atoms with E-state index in [9.17, 15) is 0 Å². The second-order valence-corrected chi connectivity index (χ2v) is 15.2. The number of fused-ring (bicyclic) bond motifs is 1. The van der Waals surface area contributed by atoms with Gasteiger partial charge in [-0.05, 0) is 39.8 Å². The molecule has 0 atom stereocenters. The number of rotatable bonds is 7. The molecule has 2 aliphatic heterocycles. The van der Waals surface area contributed by atoms with Crippen molar-refractivity contribution in [2.75, 3.05) is 20.0 Å². The van der Waals surface area contributed by atoms with E-state index < -0.39 is 26.4 Å². The van der Waals surface area contributed by atoms with E-state index in [1.54, 1.807) is 0 Å². The first-order valence-corrected chi connectivity index (χ1v) is 13.6. The molecule has 1 fully saturated rings. The van der Waals surface area contributed by atoms with Crippen LogP contribution in [0.1, 0.15) is 33.3 Å². The van der Waals surface area contributed by atoms with Crippen LogP contribution in [0.3, 0.4) is 0 Å². The Labute approximate surface area is 164 Å². The van der Waals surface area contributed by atoms with Crippen molar-refractivity contribution in [3.63, 3.8) is 0 Å². The Morgan fingerprint density at radius 1 is 1.07 bits per heavy atom. The molecule has 2 heterocycles. The molecule has 5 nitrogen and oxygen atoms in total. The molecule has 0 bridgehead atoms. The fourth-order valence-corrected chi connectivity index (χ4v) is 3.88. The first kappa shape index (κ1) is 20.7. The van der Waals surface area contributed by atoms with Crippen LogP contribution in [0.2, 0.25) is 25.7 Å². The Bertz CT molecular complexity index is 668. The molecule has 2 aliphatic rings. The lowest BCUT2D eigenvalue weighted by atomic mass is 9.77. The van der Waals surface area contributed by atoms with E-state index in [0.29, 0.717) is 6.61 Å². The number of benzene rings is 1. The van der Waals surface area contributed by atoms with Gasteiger partial charge in [-0.1, -0.05) is 25.7 Å². The van der Waals surface area contributed by atoms with Crippen LogP contribution in [-0.4, -0.2) is 46.4 Å². The van der Waals surface area contributed by atoms with Crippen molar-refractivity contribution in [3.8, 4) is 11.5 Å². The van der Waals surface area contributed by atoms with Crippen molar-refractivity contribution in [3.05, 3.63) is 17.7 Å². The van der Waals surface area contributed by atoms with Crippen molar-refractivity contribution in [2.24, 2.45) is 0 Å². The number of hydrogen-bond donors (Lipinski definition) is 0. The molecule has 0 N–H and O–H groups in total. The maximum absolute atomic E-state index is 6.24. The molecule has 7 heteroatoms. The summed E-state index contributed by atoms with van der Waals surface area (Å²) in [5.41, 5.74) is 1.21. The fourth-order valence-electron chi connectivity index (χ4n) is 3.13. The summed E-state index contributed by atoms with van der Waals surface area (Å²) in [5.74, 6) is 1.67. The van der Waals surface area contributed by atoms with Crippen LogP contribution in [0.15, 0.2) is 12.1 Å². The average molecular weight is 392 g/mol. The molecule has 0 spiro atoms. The average Bonchev–Trinajstić information content (AvgIpc) is 3.08. The largest absolute Gasteiger partial charge is 0.498 e. The number of hydrogen-bond acceptors (Lipinski definition) is 5. The van der Waals surface area contributed by atoms with Gasteiger partial charge in [-0.3, -0.25) is 0 Å². The summed E-state index contributed by atoms with van der Waals surface area (Å²) in [6, 6.07) is 5.10. The molecular weight excluding hydrogens is 359 g/mol. The zero-order chi connectivity index (χ0) is 19.9. The summed E-state index contributed by atoms with van der Waals surface area (Å²) in [6.45, 7) is 16.9. The van der Waals surface area contributed by atoms with Crippen LogP contribution in [0.4, 0.5) is 0 Å². The van der Waals surface area contributed by atoms with Gasteiger partial charge in [0.2, 0.25) is 0 Å². The van der Waals surface area contributed by atoms with E-state index in [-0.39, 0.29) is 6.79 Å². The third-order valence-electron chi connectivity index (χ3n) is 5.65. The normalized spacial score (nSPS) is 20.5. The summed E-state index contributed by atoms with van der Waals surface area (Å²) in [7, 11) is -1.57. The molecule has 27 heavy (non-hydrogen) atoms. The van der Waals surface area contributed by atoms with Gasteiger partial charge < -0.3 is 23.5 Å². The first-order chi connectivity index (χ1) is 12.5. The quantitative estimate of drug-likeness (QED) is 0.403. The van der Waals surface area contributed by atoms with Crippen molar-refractivity contribution in [1.29, 1.82) is 0 Å². The molecule has 0 aromatic heterocycles. The first-order valence-electron chi connectivity index (χ1n) is 9.85. The fraction of sp³-hybridized carbons (Fsp3) is 0.700. The van der Waals surface area contributed by atoms with Gasteiger partial charge in [0, 0.05) is 32.1 Å². The summed E-state index contributed by atoms with van der Waals surface area (Å²) < 4.78 is 30.1. The van der Waals surface area contributed by atoms with Crippen LogP contribution in [-0.2, 0) is 20.5 Å². The molecule has 0 unspecified atom stereocenters. The topological polar surface area (TPSA) is 46.2 Å². The van der Waals surface area contributed by atoms with Gasteiger partial charge in [-0.2, -0.15) is 0 Å². The highest BCUT2D eigenvalue weighted by atomic mass is 28.3. The predicted molar refractivity (Wildman–Crippen MR) is 111 cm³/mol. The van der Waals surface area contributed by atoms with Crippen molar-refractivity contribution < 1.29 is 23.5 Å². The number of ether oxygens (including phenoxy) is 3. The second kappa shape index (κ2) is 7.43. The molecule has 3 rings (SSSR count). The maximum Gasteiger partial charge on any atom is 0.498 e. The molecule has 0 radical (unpaired) electrons. The van der Waals surface area contributed by atoms with Gasteiger partial charge in [0.15, 0.2) is 6.79 Å². The third-order valence-corrected chi connectivity index (χ3v) is 7.35. The van der Waals surface area contributed by atoms with Crippen molar-refractivity contribution in [1.82, 2.24) is 0 Å². The minimum absolute atomic E-state index is 0.230. The highest BCUT2D eigenvalue weighted by Gasteiger charge is 2.52. The highest BCUT2D eigenvalue weighted by Crippen LogP contribution is 2.39. The molecule has 1 aromatic carbocycles. The molecule has 1 saturated heterocycles. The minimum atomic E-state index is -1.11. The van der Waals surface area contributed by atoms with E-state index in [0.717, 1.165) is 41.6 Å². The third kappa shape index (κ3) is 4.53. The van der Waals surface area contributed by atoms with Gasteiger partial charge in [-0.25, -0.2) is 0 Å². The second-order valence-electron chi connectivity index (χ2n) is 9.63. The molecule has 1 aromatic rings. The van der Waals surface area contributed by atoms with Crippen molar-refractivity contribution in [2.45, 2.75) is 71.0 Å². The SMILES string of the molecule is CC1(C)OB(c2ccc3c(c2OCOCC[Si](C)(C)C)CCO3)OC1(C)C. The van der Waals surface area contributed by atoms with Gasteiger partial charge in [0.1, 0.15) is 11.5 Å². The van der Waals surface area contributed by atoms with Gasteiger partial charge in [0.25, 0.3) is 0 Å². The van der Waals surface area contributed by atoms with E-state index in [1.165, 1.54) is 0 Å². The van der Waals surface area contributed by atoms with Crippen LogP contribution in [0.5, 0.6) is 11.5 Å². The van der Waals surface area contributed by atoms with Gasteiger partial charge in [0.05, 0.1) is 17.8 Å². The van der Waals surface area contributed by atoms with E-state index in [2.05, 4.69) is 47.3 Å². The smallest absolute Gasteiger partial charge is 0.493 e. The van der Waals surface area contributed by atoms with E-state index >= 15 is 0 Å². The maximum atomic E-state index is 6.24. The van der Waals surface area contributed by atoms with Gasteiger partial charge in [-0.15, -0.1) is 0 Å². The lowest BCUT2D eigenvalue weighted by molar-refractivity contribution is 0.00578. The van der Waals surface area contributed by atoms with Crippen molar-refractivity contribution >= 4 is 20.7 Å². The van der Waals surface area contributed by atoms with E-state index in [1.807, 2.05) is 12.1 Å². The van der Waals surface area contributed by atoms with Crippen LogP contribution in [0, 0.1) is 0 Å². The molecular formula is C20H33BO5Si. The Morgan fingerprint density at radius 3 is 2.37 bits per heavy atom. The summed E-state index contributed by atoms with van der Waals surface area (Å²) in [6.07, 6.45) is 0.826. The monoisotopic (exact) mass is 392 g/mol. The standard InChI is InChI=1S/C20H33BO5Si/c1-19(2)20(3,4)26-21(25-19)16-8-9-17-15(10-11-23-17)18(16)24-14-22-12-13-27(5,6)7/h8-9H,10-14H2,1-7H3. The lowest BCUT2D eigenvalue weighted by Gasteiger charge is -2.32. The Balaban J connectivity index is 1.75. The Morgan fingerprint density at radius 2 is 1.74 bits per heavy atom. The van der Waals surface area contributed by atoms with E-state index in [4.69, 9.17) is 23.5 Å².